The number of hydrogen-bond acceptors (Lipinski definition) is 4. The number of carbonyl (C=O) groups is 1. The van der Waals surface area contributed by atoms with Crippen molar-refractivity contribution < 1.29 is 28.2 Å². The number of rotatable bonds is 1. The summed E-state index contributed by atoms with van der Waals surface area (Å²) in [5.74, 6) is -1.54. The Bertz CT molecular complexity index is 785. The lowest BCUT2D eigenvalue weighted by molar-refractivity contribution is -0.144. The van der Waals surface area contributed by atoms with Gasteiger partial charge in [-0.05, 0) is 31.5 Å². The summed E-state index contributed by atoms with van der Waals surface area (Å²) in [5, 5.41) is 19.8. The number of fused-ring (bicyclic) bond motifs is 1. The molecule has 0 aliphatic carbocycles. The number of aromatic nitrogens is 2. The van der Waals surface area contributed by atoms with Gasteiger partial charge in [-0.3, -0.25) is 4.79 Å². The number of nitrogens with one attached hydrogen (secondary N) is 1. The van der Waals surface area contributed by atoms with Gasteiger partial charge in [-0.2, -0.15) is 13.2 Å². The second-order valence-electron chi connectivity index (χ2n) is 6.19. The Balaban J connectivity index is 1.85. The minimum absolute atomic E-state index is 0.0410. The van der Waals surface area contributed by atoms with Crippen LogP contribution in [-0.2, 0) is 6.18 Å². The predicted octanol–water partition coefficient (Wildman–Crippen LogP) is 1.54. The van der Waals surface area contributed by atoms with Crippen molar-refractivity contribution in [2.24, 2.45) is 0 Å². The Morgan fingerprint density at radius 3 is 2.79 bits per heavy atom. The molecular formula is C15H16F3N3O3. The number of aliphatic hydroxyl groups excluding tert-OH is 1. The number of nitrogens with zero attached hydrogens (tertiary/aromatic N) is 2. The van der Waals surface area contributed by atoms with Gasteiger partial charge < -0.3 is 20.1 Å². The molecule has 1 aromatic heterocycles. The van der Waals surface area contributed by atoms with Gasteiger partial charge in [0.1, 0.15) is 0 Å². The van der Waals surface area contributed by atoms with Crippen LogP contribution in [0.1, 0.15) is 29.5 Å². The molecule has 6 nitrogen and oxygen atoms in total. The van der Waals surface area contributed by atoms with E-state index in [9.17, 15) is 28.2 Å². The fourth-order valence-corrected chi connectivity index (χ4v) is 2.67. The van der Waals surface area contributed by atoms with Crippen LogP contribution < -0.4 is 0 Å². The van der Waals surface area contributed by atoms with E-state index in [0.29, 0.717) is 0 Å². The van der Waals surface area contributed by atoms with E-state index in [4.69, 9.17) is 0 Å². The molecule has 1 aromatic carbocycles. The molecule has 1 amide bonds. The molecule has 1 aliphatic rings. The fraction of sp³-hybridized carbons (Fsp3) is 0.467. The number of aliphatic hydroxyl groups is 2. The highest BCUT2D eigenvalue weighted by Gasteiger charge is 2.38. The van der Waals surface area contributed by atoms with Crippen molar-refractivity contribution in [1.29, 1.82) is 0 Å². The van der Waals surface area contributed by atoms with Crippen molar-refractivity contribution in [3.05, 3.63) is 29.6 Å². The normalized spacial score (nSPS) is 25.2. The largest absolute Gasteiger partial charge is 0.449 e. The molecule has 2 aromatic rings. The number of carbonyl (C=O) groups excluding carboxylic acids is 1. The smallest absolute Gasteiger partial charge is 0.388 e. The molecule has 0 radical (unpaired) electrons. The maximum atomic E-state index is 12.7. The van der Waals surface area contributed by atoms with Crippen molar-refractivity contribution in [2.45, 2.75) is 31.2 Å². The highest BCUT2D eigenvalue weighted by molar-refractivity contribution is 5.97. The van der Waals surface area contributed by atoms with Gasteiger partial charge >= 0.3 is 6.18 Å². The van der Waals surface area contributed by atoms with Crippen LogP contribution >= 0.6 is 0 Å². The van der Waals surface area contributed by atoms with Crippen LogP contribution in [0, 0.1) is 0 Å². The summed E-state index contributed by atoms with van der Waals surface area (Å²) in [6.45, 7) is 1.70. The second-order valence-corrected chi connectivity index (χ2v) is 6.19. The molecule has 3 N–H and O–H groups in total. The maximum absolute atomic E-state index is 12.7. The standard InChI is InChI=1S/C15H16F3N3O3/c1-14(24)4-5-21(7-11(14)22)12(23)8-2-3-9-10(6-8)20-13(19-9)15(16,17)18/h2-3,6,11,22,24H,4-5,7H2,1H3,(H,19,20)/t11-,14+/m0/s1. The number of likely N-dealkylation sites (tertiary alicyclic amines) is 1. The van der Waals surface area contributed by atoms with Gasteiger partial charge in [-0.1, -0.05) is 0 Å². The van der Waals surface area contributed by atoms with Gasteiger partial charge in [0.2, 0.25) is 5.82 Å². The van der Waals surface area contributed by atoms with E-state index in [1.807, 2.05) is 0 Å². The quantitative estimate of drug-likeness (QED) is 0.733. The van der Waals surface area contributed by atoms with Crippen LogP contribution in [0.3, 0.4) is 0 Å². The van der Waals surface area contributed by atoms with Crippen molar-refractivity contribution >= 4 is 16.9 Å². The zero-order valence-electron chi connectivity index (χ0n) is 12.8. The Kier molecular flexibility index (Phi) is 3.80. The number of imidazole rings is 1. The molecule has 24 heavy (non-hydrogen) atoms. The van der Waals surface area contributed by atoms with Gasteiger partial charge in [0.15, 0.2) is 0 Å². The van der Waals surface area contributed by atoms with Crippen LogP contribution in [0.15, 0.2) is 18.2 Å². The summed E-state index contributed by atoms with van der Waals surface area (Å²) >= 11 is 0. The molecule has 1 saturated heterocycles. The zero-order valence-corrected chi connectivity index (χ0v) is 12.8. The van der Waals surface area contributed by atoms with E-state index in [0.717, 1.165) is 0 Å². The van der Waals surface area contributed by atoms with E-state index >= 15 is 0 Å². The molecule has 2 atom stereocenters. The minimum atomic E-state index is -4.59. The van der Waals surface area contributed by atoms with Gasteiger partial charge in [0, 0.05) is 18.7 Å². The molecule has 0 bridgehead atoms. The van der Waals surface area contributed by atoms with Crippen molar-refractivity contribution in [1.82, 2.24) is 14.9 Å². The van der Waals surface area contributed by atoms with Crippen LogP contribution in [0.25, 0.3) is 11.0 Å². The van der Waals surface area contributed by atoms with Gasteiger partial charge in [-0.15, -0.1) is 0 Å². The Morgan fingerprint density at radius 2 is 2.17 bits per heavy atom. The van der Waals surface area contributed by atoms with E-state index in [2.05, 4.69) is 9.97 Å². The third kappa shape index (κ3) is 2.96. The number of aromatic amines is 1. The lowest BCUT2D eigenvalue weighted by Crippen LogP contribution is -2.55. The number of benzene rings is 1. The molecule has 0 unspecified atom stereocenters. The van der Waals surface area contributed by atoms with Gasteiger partial charge in [-0.25, -0.2) is 4.98 Å². The summed E-state index contributed by atoms with van der Waals surface area (Å²) in [6.07, 6.45) is -5.46. The third-order valence-electron chi connectivity index (χ3n) is 4.28. The zero-order chi connectivity index (χ0) is 17.7. The lowest BCUT2D eigenvalue weighted by Gasteiger charge is -2.39. The number of hydrogen-bond donors (Lipinski definition) is 3. The topological polar surface area (TPSA) is 89.5 Å². The summed E-state index contributed by atoms with van der Waals surface area (Å²) in [5.41, 5.74) is -0.849. The second kappa shape index (κ2) is 5.45. The van der Waals surface area contributed by atoms with E-state index in [1.165, 1.54) is 30.0 Å². The van der Waals surface area contributed by atoms with Crippen molar-refractivity contribution in [2.75, 3.05) is 13.1 Å². The summed E-state index contributed by atoms with van der Waals surface area (Å²) < 4.78 is 38.0. The molecule has 2 heterocycles. The van der Waals surface area contributed by atoms with Gasteiger partial charge in [0.25, 0.3) is 5.91 Å². The number of piperidine rings is 1. The van der Waals surface area contributed by atoms with Crippen molar-refractivity contribution in [3.8, 4) is 0 Å². The van der Waals surface area contributed by atoms with Crippen LogP contribution in [0.4, 0.5) is 13.2 Å². The highest BCUT2D eigenvalue weighted by Crippen LogP contribution is 2.29. The predicted molar refractivity (Wildman–Crippen MR) is 78.2 cm³/mol. The monoisotopic (exact) mass is 343 g/mol. The molecule has 3 rings (SSSR count). The molecule has 1 fully saturated rings. The number of amides is 1. The first kappa shape index (κ1) is 16.7. The average Bonchev–Trinajstić information content (AvgIpc) is 2.92. The van der Waals surface area contributed by atoms with E-state index in [-0.39, 0.29) is 36.1 Å². The Labute approximate surface area is 134 Å². The third-order valence-corrected chi connectivity index (χ3v) is 4.28. The SMILES string of the molecule is C[C@@]1(O)CCN(C(=O)c2ccc3nc(C(F)(F)F)[nH]c3c2)C[C@@H]1O. The van der Waals surface area contributed by atoms with Crippen LogP contribution in [0.5, 0.6) is 0 Å². The van der Waals surface area contributed by atoms with Crippen LogP contribution in [-0.4, -0.2) is 55.8 Å². The van der Waals surface area contributed by atoms with E-state index < -0.39 is 29.6 Å². The molecule has 130 valence electrons. The molecule has 0 spiro atoms. The Morgan fingerprint density at radius 1 is 1.46 bits per heavy atom. The first-order valence-corrected chi connectivity index (χ1v) is 7.34. The lowest BCUT2D eigenvalue weighted by atomic mass is 9.90. The number of halogens is 3. The maximum Gasteiger partial charge on any atom is 0.449 e. The number of H-pyrrole nitrogens is 1. The molecular weight excluding hydrogens is 327 g/mol. The molecule has 0 saturated carbocycles. The summed E-state index contributed by atoms with van der Waals surface area (Å²) in [7, 11) is 0. The first-order chi connectivity index (χ1) is 11.1. The number of alkyl halides is 3. The van der Waals surface area contributed by atoms with Crippen molar-refractivity contribution in [3.63, 3.8) is 0 Å². The summed E-state index contributed by atoms with van der Waals surface area (Å²) in [4.78, 5) is 19.5. The first-order valence-electron chi connectivity index (χ1n) is 7.34. The van der Waals surface area contributed by atoms with Gasteiger partial charge in [0.05, 0.1) is 22.7 Å². The minimum Gasteiger partial charge on any atom is -0.388 e. The molecule has 9 heteroatoms. The Hall–Kier alpha value is -2.13. The average molecular weight is 343 g/mol. The summed E-state index contributed by atoms with van der Waals surface area (Å²) in [6, 6.07) is 4.04. The van der Waals surface area contributed by atoms with E-state index in [1.54, 1.807) is 0 Å². The highest BCUT2D eigenvalue weighted by atomic mass is 19.4. The number of β-amino-alcohol motifs (C(OH)–C–C–N with tert-alkyl or cyclic N) is 1. The van der Waals surface area contributed by atoms with Crippen LogP contribution in [0.2, 0.25) is 0 Å². The fourth-order valence-electron chi connectivity index (χ4n) is 2.67. The molecule has 1 aliphatic heterocycles.